The van der Waals surface area contributed by atoms with Gasteiger partial charge in [0.25, 0.3) is 5.91 Å². The minimum atomic E-state index is -0.642. The maximum Gasteiger partial charge on any atom is 0.263 e. The fourth-order valence-electron chi connectivity index (χ4n) is 2.92. The Morgan fingerprint density at radius 2 is 1.89 bits per heavy atom. The molecule has 0 spiro atoms. The summed E-state index contributed by atoms with van der Waals surface area (Å²) in [6, 6.07) is 13.1. The van der Waals surface area contributed by atoms with Crippen LogP contribution in [-0.4, -0.2) is 34.1 Å². The highest BCUT2D eigenvalue weighted by atomic mass is 35.5. The van der Waals surface area contributed by atoms with Gasteiger partial charge in [-0.15, -0.1) is 0 Å². The maximum absolute atomic E-state index is 12.6. The number of ether oxygens (including phenoxy) is 1. The Kier molecular flexibility index (Phi) is 5.99. The number of nitrogens with zero attached hydrogens (tertiary/aromatic N) is 3. The average molecular weight is 400 g/mol. The number of likely N-dealkylation sites (N-methyl/N-ethyl adjacent to an activating group) is 1. The number of rotatable bonds is 6. The Bertz CT molecular complexity index is 966. The standard InChI is InChI=1S/C21H22ClN3O3/c1-13-9-14(2)11-16(10-13)27-15(3)21(26)25(4)12-19-23-20(24-28-19)17-7-5-6-8-18(17)22/h5-11,15H,12H2,1-4H3/t15-/m1/s1. The van der Waals surface area contributed by atoms with Crippen LogP contribution in [0.2, 0.25) is 5.02 Å². The molecule has 1 aromatic heterocycles. The highest BCUT2D eigenvalue weighted by Crippen LogP contribution is 2.25. The van der Waals surface area contributed by atoms with Gasteiger partial charge in [-0.2, -0.15) is 4.98 Å². The Morgan fingerprint density at radius 3 is 2.57 bits per heavy atom. The molecule has 146 valence electrons. The number of halogens is 1. The molecule has 0 aliphatic carbocycles. The van der Waals surface area contributed by atoms with Crippen molar-refractivity contribution in [3.8, 4) is 17.1 Å². The molecule has 0 aliphatic heterocycles. The van der Waals surface area contributed by atoms with E-state index in [9.17, 15) is 4.79 Å². The van der Waals surface area contributed by atoms with Crippen molar-refractivity contribution in [1.82, 2.24) is 15.0 Å². The summed E-state index contributed by atoms with van der Waals surface area (Å²) >= 11 is 6.16. The summed E-state index contributed by atoms with van der Waals surface area (Å²) in [5, 5.41) is 4.49. The van der Waals surface area contributed by atoms with Crippen LogP contribution in [0.15, 0.2) is 47.0 Å². The molecule has 0 unspecified atom stereocenters. The second-order valence-corrected chi connectivity index (χ2v) is 7.18. The van der Waals surface area contributed by atoms with Crippen LogP contribution in [0.4, 0.5) is 0 Å². The van der Waals surface area contributed by atoms with Crippen molar-refractivity contribution in [2.45, 2.75) is 33.4 Å². The quantitative estimate of drug-likeness (QED) is 0.613. The fraction of sp³-hybridized carbons (Fsp3) is 0.286. The normalized spacial score (nSPS) is 11.9. The zero-order chi connectivity index (χ0) is 20.3. The van der Waals surface area contributed by atoms with Crippen LogP contribution in [0.3, 0.4) is 0 Å². The van der Waals surface area contributed by atoms with Crippen molar-refractivity contribution < 1.29 is 14.1 Å². The molecule has 0 fully saturated rings. The summed E-state index contributed by atoms with van der Waals surface area (Å²) in [7, 11) is 1.67. The smallest absolute Gasteiger partial charge is 0.263 e. The van der Waals surface area contributed by atoms with E-state index in [1.54, 1.807) is 20.0 Å². The molecule has 1 amide bonds. The third kappa shape index (κ3) is 4.70. The van der Waals surface area contributed by atoms with E-state index in [1.807, 2.05) is 44.2 Å². The number of aromatic nitrogens is 2. The van der Waals surface area contributed by atoms with Crippen molar-refractivity contribution in [3.63, 3.8) is 0 Å². The molecule has 2 aromatic carbocycles. The topological polar surface area (TPSA) is 68.5 Å². The highest BCUT2D eigenvalue weighted by molar-refractivity contribution is 6.33. The molecular formula is C21H22ClN3O3. The minimum Gasteiger partial charge on any atom is -0.481 e. The molecule has 0 radical (unpaired) electrons. The van der Waals surface area contributed by atoms with Gasteiger partial charge in [-0.25, -0.2) is 0 Å². The molecule has 1 atom stereocenters. The Morgan fingerprint density at radius 1 is 1.21 bits per heavy atom. The fourth-order valence-corrected chi connectivity index (χ4v) is 3.14. The Balaban J connectivity index is 1.65. The second kappa shape index (κ2) is 8.44. The molecule has 0 N–H and O–H groups in total. The van der Waals surface area contributed by atoms with Crippen LogP contribution < -0.4 is 4.74 Å². The number of amides is 1. The number of hydrogen-bond acceptors (Lipinski definition) is 5. The molecule has 28 heavy (non-hydrogen) atoms. The average Bonchev–Trinajstić information content (AvgIpc) is 3.08. The first-order valence-electron chi connectivity index (χ1n) is 8.91. The van der Waals surface area contributed by atoms with E-state index in [1.165, 1.54) is 4.90 Å². The van der Waals surface area contributed by atoms with E-state index in [2.05, 4.69) is 16.2 Å². The summed E-state index contributed by atoms with van der Waals surface area (Å²) in [6.45, 7) is 5.88. The monoisotopic (exact) mass is 399 g/mol. The Labute approximate surface area is 169 Å². The van der Waals surface area contributed by atoms with Gasteiger partial charge in [0.15, 0.2) is 6.10 Å². The van der Waals surface area contributed by atoms with Gasteiger partial charge < -0.3 is 14.2 Å². The van der Waals surface area contributed by atoms with E-state index in [0.29, 0.717) is 28.1 Å². The van der Waals surface area contributed by atoms with Crippen molar-refractivity contribution in [2.24, 2.45) is 0 Å². The lowest BCUT2D eigenvalue weighted by molar-refractivity contribution is -0.137. The van der Waals surface area contributed by atoms with Crippen molar-refractivity contribution in [2.75, 3.05) is 7.05 Å². The van der Waals surface area contributed by atoms with Gasteiger partial charge in [0.2, 0.25) is 11.7 Å². The molecular weight excluding hydrogens is 378 g/mol. The first-order chi connectivity index (χ1) is 13.3. The summed E-state index contributed by atoms with van der Waals surface area (Å²) < 4.78 is 11.1. The maximum atomic E-state index is 12.6. The third-order valence-electron chi connectivity index (χ3n) is 4.19. The van der Waals surface area contributed by atoms with Crippen LogP contribution in [0, 0.1) is 13.8 Å². The van der Waals surface area contributed by atoms with Gasteiger partial charge in [0.05, 0.1) is 11.6 Å². The van der Waals surface area contributed by atoms with Gasteiger partial charge in [0.1, 0.15) is 5.75 Å². The molecule has 0 bridgehead atoms. The highest BCUT2D eigenvalue weighted by Gasteiger charge is 2.22. The molecule has 7 heteroatoms. The van der Waals surface area contributed by atoms with Crippen LogP contribution in [0.1, 0.15) is 23.9 Å². The molecule has 3 aromatic rings. The molecule has 0 saturated heterocycles. The van der Waals surface area contributed by atoms with Crippen LogP contribution in [0.5, 0.6) is 5.75 Å². The van der Waals surface area contributed by atoms with Gasteiger partial charge in [0, 0.05) is 12.6 Å². The number of carbonyl (C=O) groups excluding carboxylic acids is 1. The molecule has 0 aliphatic rings. The molecule has 1 heterocycles. The number of hydrogen-bond donors (Lipinski definition) is 0. The first-order valence-corrected chi connectivity index (χ1v) is 9.28. The van der Waals surface area contributed by atoms with E-state index in [4.69, 9.17) is 20.9 Å². The lowest BCUT2D eigenvalue weighted by Crippen LogP contribution is -2.37. The minimum absolute atomic E-state index is 0.177. The molecule has 3 rings (SSSR count). The SMILES string of the molecule is Cc1cc(C)cc(O[C@H](C)C(=O)N(C)Cc2nc(-c3ccccc3Cl)no2)c1. The van der Waals surface area contributed by atoms with Gasteiger partial charge in [-0.1, -0.05) is 35.0 Å². The summed E-state index contributed by atoms with van der Waals surface area (Å²) in [5.41, 5.74) is 2.85. The van der Waals surface area contributed by atoms with E-state index < -0.39 is 6.10 Å². The zero-order valence-electron chi connectivity index (χ0n) is 16.3. The van der Waals surface area contributed by atoms with Crippen molar-refractivity contribution >= 4 is 17.5 Å². The van der Waals surface area contributed by atoms with Crippen molar-refractivity contribution in [3.05, 3.63) is 64.5 Å². The first kappa shape index (κ1) is 19.9. The van der Waals surface area contributed by atoms with Crippen LogP contribution >= 0.6 is 11.6 Å². The van der Waals surface area contributed by atoms with E-state index >= 15 is 0 Å². The van der Waals surface area contributed by atoms with Gasteiger partial charge in [-0.05, 0) is 56.2 Å². The predicted molar refractivity (Wildman–Crippen MR) is 107 cm³/mol. The lowest BCUT2D eigenvalue weighted by Gasteiger charge is -2.21. The van der Waals surface area contributed by atoms with Gasteiger partial charge in [-0.3, -0.25) is 4.79 Å². The lowest BCUT2D eigenvalue weighted by atomic mass is 10.1. The number of aryl methyl sites for hydroxylation is 2. The summed E-state index contributed by atoms with van der Waals surface area (Å²) in [6.07, 6.45) is -0.642. The predicted octanol–water partition coefficient (Wildman–Crippen LogP) is 4.43. The van der Waals surface area contributed by atoms with E-state index in [-0.39, 0.29) is 12.5 Å². The number of carbonyl (C=O) groups is 1. The summed E-state index contributed by atoms with van der Waals surface area (Å²) in [4.78, 5) is 18.5. The van der Waals surface area contributed by atoms with Crippen LogP contribution in [0.25, 0.3) is 11.4 Å². The zero-order valence-corrected chi connectivity index (χ0v) is 17.0. The molecule has 0 saturated carbocycles. The Hall–Kier alpha value is -2.86. The summed E-state index contributed by atoms with van der Waals surface area (Å²) in [5.74, 6) is 1.20. The second-order valence-electron chi connectivity index (χ2n) is 6.77. The number of benzene rings is 2. The largest absolute Gasteiger partial charge is 0.481 e. The molecule has 6 nitrogen and oxygen atoms in total. The third-order valence-corrected chi connectivity index (χ3v) is 4.52. The van der Waals surface area contributed by atoms with Crippen LogP contribution in [-0.2, 0) is 11.3 Å². The van der Waals surface area contributed by atoms with Crippen molar-refractivity contribution in [1.29, 1.82) is 0 Å². The van der Waals surface area contributed by atoms with E-state index in [0.717, 1.165) is 11.1 Å². The van der Waals surface area contributed by atoms with Gasteiger partial charge >= 0.3 is 0 Å².